The van der Waals surface area contributed by atoms with Crippen LogP contribution >= 0.6 is 15.8 Å². The van der Waals surface area contributed by atoms with Crippen LogP contribution in [0.15, 0.2) is 0 Å². The van der Waals surface area contributed by atoms with E-state index in [1.54, 1.807) is 37.0 Å². The van der Waals surface area contributed by atoms with Crippen molar-refractivity contribution in [3.63, 3.8) is 0 Å². The van der Waals surface area contributed by atoms with Gasteiger partial charge in [-0.25, -0.2) is 0 Å². The van der Waals surface area contributed by atoms with Gasteiger partial charge < -0.3 is 0 Å². The van der Waals surface area contributed by atoms with Crippen LogP contribution in [-0.4, -0.2) is 37.0 Å². The van der Waals surface area contributed by atoms with Gasteiger partial charge in [-0.1, -0.05) is 27.7 Å². The molecule has 2 saturated heterocycles. The minimum absolute atomic E-state index is 0.448. The predicted molar refractivity (Wildman–Crippen MR) is 79.7 cm³/mol. The van der Waals surface area contributed by atoms with Crippen LogP contribution in [0.1, 0.15) is 27.7 Å². The minimum atomic E-state index is 0.448. The summed E-state index contributed by atoms with van der Waals surface area (Å²) in [5.74, 6) is 4.11. The lowest BCUT2D eigenvalue weighted by atomic mass is 10.0. The average molecular weight is 258 g/mol. The van der Waals surface area contributed by atoms with Gasteiger partial charge in [0.05, 0.1) is 0 Å². The van der Waals surface area contributed by atoms with E-state index in [9.17, 15) is 0 Å². The lowest BCUT2D eigenvalue weighted by molar-refractivity contribution is 0.494. The first kappa shape index (κ1) is 13.3. The quantitative estimate of drug-likeness (QED) is 0.653. The van der Waals surface area contributed by atoms with Crippen LogP contribution in [-0.2, 0) is 0 Å². The maximum absolute atomic E-state index is 2.47. The van der Waals surface area contributed by atoms with Crippen LogP contribution in [0.2, 0.25) is 0 Å². The molecule has 0 radical (unpaired) electrons. The van der Waals surface area contributed by atoms with Crippen molar-refractivity contribution in [2.45, 2.75) is 27.7 Å². The highest BCUT2D eigenvalue weighted by atomic mass is 31.1. The standard InChI is InChI=1S/C14H28P2/c1-11-7-15(8-12(11)2)5-6-16-9-13(3)14(4)10-16/h11-14H,5-10H2,1-4H3/t11-,12-,13-,14-/m0/s1. The highest BCUT2D eigenvalue weighted by molar-refractivity contribution is 7.62. The molecule has 0 amide bonds. The van der Waals surface area contributed by atoms with Crippen LogP contribution in [0.3, 0.4) is 0 Å². The van der Waals surface area contributed by atoms with E-state index in [1.165, 1.54) is 0 Å². The van der Waals surface area contributed by atoms with E-state index in [2.05, 4.69) is 27.7 Å². The summed E-state index contributed by atoms with van der Waals surface area (Å²) in [6.07, 6.45) is 9.59. The Bertz CT molecular complexity index is 185. The molecule has 2 heterocycles. The molecule has 0 N–H and O–H groups in total. The molecule has 0 unspecified atom stereocenters. The Morgan fingerprint density at radius 2 is 0.875 bits per heavy atom. The third kappa shape index (κ3) is 3.20. The van der Waals surface area contributed by atoms with Crippen LogP contribution in [0.25, 0.3) is 0 Å². The fraction of sp³-hybridized carbons (Fsp3) is 1.00. The summed E-state index contributed by atoms with van der Waals surface area (Å²) in [6.45, 7) is 9.88. The number of hydrogen-bond donors (Lipinski definition) is 0. The molecule has 2 aliphatic heterocycles. The Morgan fingerprint density at radius 3 is 1.12 bits per heavy atom. The molecular formula is C14H28P2. The van der Waals surface area contributed by atoms with Gasteiger partial charge in [0.1, 0.15) is 0 Å². The Hall–Kier alpha value is 0.860. The van der Waals surface area contributed by atoms with Crippen molar-refractivity contribution < 1.29 is 0 Å². The summed E-state index contributed by atoms with van der Waals surface area (Å²) in [5, 5.41) is 0. The van der Waals surface area contributed by atoms with E-state index in [0.29, 0.717) is 15.8 Å². The maximum atomic E-state index is 2.47. The summed E-state index contributed by atoms with van der Waals surface area (Å²) >= 11 is 0. The third-order valence-corrected chi connectivity index (χ3v) is 11.3. The van der Waals surface area contributed by atoms with Gasteiger partial charge in [0.15, 0.2) is 0 Å². The average Bonchev–Trinajstić information content (AvgIpc) is 2.70. The van der Waals surface area contributed by atoms with Gasteiger partial charge in [-0.15, -0.1) is 15.8 Å². The molecule has 94 valence electrons. The van der Waals surface area contributed by atoms with E-state index in [0.717, 1.165) is 23.7 Å². The van der Waals surface area contributed by atoms with Gasteiger partial charge in [-0.2, -0.15) is 0 Å². The van der Waals surface area contributed by atoms with Gasteiger partial charge >= 0.3 is 0 Å². The molecule has 0 spiro atoms. The summed E-state index contributed by atoms with van der Waals surface area (Å²) < 4.78 is 0. The highest BCUT2D eigenvalue weighted by Crippen LogP contribution is 2.54. The molecule has 0 bridgehead atoms. The second-order valence-corrected chi connectivity index (χ2v) is 11.5. The Labute approximate surface area is 104 Å². The first-order valence-electron chi connectivity index (χ1n) is 7.01. The molecule has 2 aliphatic rings. The van der Waals surface area contributed by atoms with E-state index >= 15 is 0 Å². The fourth-order valence-corrected chi connectivity index (χ4v) is 11.1. The molecule has 16 heavy (non-hydrogen) atoms. The molecule has 0 saturated carbocycles. The first-order chi connectivity index (χ1) is 7.56. The second kappa shape index (κ2) is 5.67. The zero-order chi connectivity index (χ0) is 11.7. The Morgan fingerprint density at radius 1 is 0.625 bits per heavy atom. The molecule has 0 aromatic carbocycles. The zero-order valence-electron chi connectivity index (χ0n) is 11.4. The minimum Gasteiger partial charge on any atom is -0.106 e. The molecule has 0 nitrogen and oxygen atoms in total. The molecule has 0 aromatic heterocycles. The third-order valence-electron chi connectivity index (χ3n) is 4.86. The van der Waals surface area contributed by atoms with Crippen molar-refractivity contribution >= 4 is 15.8 Å². The highest BCUT2D eigenvalue weighted by Gasteiger charge is 2.30. The van der Waals surface area contributed by atoms with Crippen molar-refractivity contribution in [2.24, 2.45) is 23.7 Å². The molecular weight excluding hydrogens is 230 g/mol. The SMILES string of the molecule is C[C@H]1CP(CCP2C[C@H](C)[C@@H](C)C2)C[C@@H]1C. The Kier molecular flexibility index (Phi) is 4.71. The predicted octanol–water partition coefficient (Wildman–Crippen LogP) is 4.52. The molecule has 2 fully saturated rings. The zero-order valence-corrected chi connectivity index (χ0v) is 13.2. The summed E-state index contributed by atoms with van der Waals surface area (Å²) in [4.78, 5) is 0. The smallest absolute Gasteiger partial charge is 0.0286 e. The normalized spacial score (nSPS) is 42.0. The van der Waals surface area contributed by atoms with Crippen molar-refractivity contribution in [2.75, 3.05) is 37.0 Å². The molecule has 0 aliphatic carbocycles. The van der Waals surface area contributed by atoms with Crippen LogP contribution < -0.4 is 0 Å². The summed E-state index contributed by atoms with van der Waals surface area (Å²) in [5.41, 5.74) is 0. The van der Waals surface area contributed by atoms with Gasteiger partial charge in [0.25, 0.3) is 0 Å². The van der Waals surface area contributed by atoms with Crippen LogP contribution in [0.4, 0.5) is 0 Å². The van der Waals surface area contributed by atoms with Crippen molar-refractivity contribution in [1.82, 2.24) is 0 Å². The van der Waals surface area contributed by atoms with E-state index in [1.807, 2.05) is 0 Å². The topological polar surface area (TPSA) is 0 Å². The van der Waals surface area contributed by atoms with Gasteiger partial charge in [0.2, 0.25) is 0 Å². The van der Waals surface area contributed by atoms with Crippen LogP contribution in [0.5, 0.6) is 0 Å². The lowest BCUT2D eigenvalue weighted by Crippen LogP contribution is -2.01. The van der Waals surface area contributed by atoms with Gasteiger partial charge in [0, 0.05) is 0 Å². The summed E-state index contributed by atoms with van der Waals surface area (Å²) in [7, 11) is 0.895. The summed E-state index contributed by atoms with van der Waals surface area (Å²) in [6, 6.07) is 0. The van der Waals surface area contributed by atoms with Gasteiger partial charge in [-0.3, -0.25) is 0 Å². The van der Waals surface area contributed by atoms with Crippen molar-refractivity contribution in [3.8, 4) is 0 Å². The molecule has 2 rings (SSSR count). The molecule has 2 heteroatoms. The maximum Gasteiger partial charge on any atom is -0.0286 e. The van der Waals surface area contributed by atoms with Crippen LogP contribution in [0, 0.1) is 23.7 Å². The fourth-order valence-electron chi connectivity index (χ4n) is 3.15. The van der Waals surface area contributed by atoms with Crippen molar-refractivity contribution in [1.29, 1.82) is 0 Å². The molecule has 0 aromatic rings. The van der Waals surface area contributed by atoms with Crippen molar-refractivity contribution in [3.05, 3.63) is 0 Å². The largest absolute Gasteiger partial charge is 0.106 e. The number of hydrogen-bond acceptors (Lipinski definition) is 0. The van der Waals surface area contributed by atoms with E-state index in [-0.39, 0.29) is 0 Å². The second-order valence-electron chi connectivity index (χ2n) is 6.43. The first-order valence-corrected chi connectivity index (χ1v) is 10.8. The van der Waals surface area contributed by atoms with E-state index < -0.39 is 0 Å². The number of rotatable bonds is 3. The monoisotopic (exact) mass is 258 g/mol. The molecule has 4 atom stereocenters. The van der Waals surface area contributed by atoms with Gasteiger partial charge in [-0.05, 0) is 60.6 Å². The van der Waals surface area contributed by atoms with E-state index in [4.69, 9.17) is 0 Å². The lowest BCUT2D eigenvalue weighted by Gasteiger charge is -2.15. The Balaban J connectivity index is 1.69.